The second-order valence-corrected chi connectivity index (χ2v) is 9.51. The van der Waals surface area contributed by atoms with Crippen LogP contribution in [0.3, 0.4) is 0 Å². The number of hydrogen-bond donors (Lipinski definition) is 1. The molecule has 4 rings (SSSR count). The lowest BCUT2D eigenvalue weighted by molar-refractivity contribution is -0.138. The van der Waals surface area contributed by atoms with Crippen LogP contribution in [-0.2, 0) is 14.3 Å². The van der Waals surface area contributed by atoms with Gasteiger partial charge in [-0.3, -0.25) is 9.59 Å². The van der Waals surface area contributed by atoms with E-state index in [9.17, 15) is 14.4 Å². The molecule has 1 aliphatic carbocycles. The number of esters is 1. The third kappa shape index (κ3) is 4.13. The maximum absolute atomic E-state index is 13.5. The average molecular weight is 454 g/mol. The zero-order valence-electron chi connectivity index (χ0n) is 18.6. The molecule has 0 radical (unpaired) electrons. The Balaban J connectivity index is 1.84. The summed E-state index contributed by atoms with van der Waals surface area (Å²) in [4.78, 5) is 39.7. The van der Waals surface area contributed by atoms with E-state index in [0.29, 0.717) is 52.0 Å². The molecule has 2 aromatic rings. The van der Waals surface area contributed by atoms with Crippen LogP contribution in [0.25, 0.3) is 11.0 Å². The van der Waals surface area contributed by atoms with Crippen LogP contribution in [0.5, 0.6) is 0 Å². The number of dihydropyridines is 1. The van der Waals surface area contributed by atoms with Gasteiger partial charge in [0.05, 0.1) is 23.1 Å². The van der Waals surface area contributed by atoms with Gasteiger partial charge in [0.25, 0.3) is 0 Å². The SMILES string of the molecule is CCSCCOC(=O)C1=C(C)NC2=C(C(=O)CCC2)[C@@H]1c1coc2ccc(C)cc2c1=O. The number of benzene rings is 1. The number of ketones is 1. The first-order valence-corrected chi connectivity index (χ1v) is 12.1. The molecule has 1 aromatic carbocycles. The molecule has 168 valence electrons. The number of thioether (sulfide) groups is 1. The fraction of sp³-hybridized carbons (Fsp3) is 0.400. The molecule has 2 aliphatic rings. The van der Waals surface area contributed by atoms with Crippen LogP contribution in [0.15, 0.2) is 56.2 Å². The Labute approximate surface area is 191 Å². The van der Waals surface area contributed by atoms with E-state index in [1.54, 1.807) is 30.8 Å². The monoisotopic (exact) mass is 453 g/mol. The Morgan fingerprint density at radius 2 is 2.06 bits per heavy atom. The average Bonchev–Trinajstić information content (AvgIpc) is 2.76. The number of Topliss-reactive ketones (excluding diaryl/α,β-unsaturated/α-hetero) is 1. The molecular weight excluding hydrogens is 426 g/mol. The highest BCUT2D eigenvalue weighted by atomic mass is 32.2. The molecule has 1 atom stereocenters. The lowest BCUT2D eigenvalue weighted by Gasteiger charge is -2.33. The van der Waals surface area contributed by atoms with Crippen molar-refractivity contribution >= 4 is 34.5 Å². The number of rotatable bonds is 6. The maximum atomic E-state index is 13.5. The highest BCUT2D eigenvalue weighted by Gasteiger charge is 2.40. The minimum atomic E-state index is -0.799. The van der Waals surface area contributed by atoms with Crippen molar-refractivity contribution in [2.24, 2.45) is 0 Å². The van der Waals surface area contributed by atoms with Crippen LogP contribution in [0.1, 0.15) is 50.2 Å². The Bertz CT molecular complexity index is 1210. The van der Waals surface area contributed by atoms with Crippen LogP contribution in [0, 0.1) is 6.92 Å². The number of carbonyl (C=O) groups is 2. The van der Waals surface area contributed by atoms with Crippen molar-refractivity contribution in [3.05, 3.63) is 68.4 Å². The van der Waals surface area contributed by atoms with E-state index >= 15 is 0 Å². The minimum Gasteiger partial charge on any atom is -0.464 e. The van der Waals surface area contributed by atoms with E-state index in [4.69, 9.17) is 9.15 Å². The predicted molar refractivity (Wildman–Crippen MR) is 126 cm³/mol. The summed E-state index contributed by atoms with van der Waals surface area (Å²) in [6, 6.07) is 5.42. The van der Waals surface area contributed by atoms with Gasteiger partial charge < -0.3 is 14.5 Å². The topological polar surface area (TPSA) is 85.6 Å². The zero-order valence-corrected chi connectivity index (χ0v) is 19.4. The number of nitrogens with one attached hydrogen (secondary N) is 1. The summed E-state index contributed by atoms with van der Waals surface area (Å²) in [6.45, 7) is 6.01. The summed E-state index contributed by atoms with van der Waals surface area (Å²) in [6.07, 6.45) is 3.23. The summed E-state index contributed by atoms with van der Waals surface area (Å²) in [5.41, 5.74) is 3.65. The van der Waals surface area contributed by atoms with Gasteiger partial charge in [0, 0.05) is 34.7 Å². The molecule has 0 spiro atoms. The number of allylic oxidation sites excluding steroid dienone is 3. The molecule has 0 saturated heterocycles. The zero-order chi connectivity index (χ0) is 22.8. The summed E-state index contributed by atoms with van der Waals surface area (Å²) in [5.74, 6) is 0.270. The summed E-state index contributed by atoms with van der Waals surface area (Å²) in [5, 5.41) is 3.69. The molecule has 32 heavy (non-hydrogen) atoms. The van der Waals surface area contributed by atoms with Crippen LogP contribution < -0.4 is 10.7 Å². The van der Waals surface area contributed by atoms with Gasteiger partial charge in [-0.15, -0.1) is 0 Å². The predicted octanol–water partition coefficient (Wildman–Crippen LogP) is 4.37. The number of fused-ring (bicyclic) bond motifs is 1. The van der Waals surface area contributed by atoms with E-state index in [1.807, 2.05) is 19.9 Å². The van der Waals surface area contributed by atoms with Crippen molar-refractivity contribution in [3.63, 3.8) is 0 Å². The van der Waals surface area contributed by atoms with Crippen LogP contribution in [0.2, 0.25) is 0 Å². The van der Waals surface area contributed by atoms with Crippen molar-refractivity contribution in [2.45, 2.75) is 46.0 Å². The molecule has 1 aromatic heterocycles. The fourth-order valence-corrected chi connectivity index (χ4v) is 4.93. The molecule has 1 aliphatic heterocycles. The van der Waals surface area contributed by atoms with Crippen molar-refractivity contribution in [3.8, 4) is 0 Å². The van der Waals surface area contributed by atoms with E-state index in [0.717, 1.165) is 23.4 Å². The van der Waals surface area contributed by atoms with Crippen molar-refractivity contribution in [1.82, 2.24) is 5.32 Å². The summed E-state index contributed by atoms with van der Waals surface area (Å²) in [7, 11) is 0. The minimum absolute atomic E-state index is 0.0492. The van der Waals surface area contributed by atoms with Crippen molar-refractivity contribution in [1.29, 1.82) is 0 Å². The quantitative estimate of drug-likeness (QED) is 0.514. The lowest BCUT2D eigenvalue weighted by Crippen LogP contribution is -2.36. The first-order chi connectivity index (χ1) is 15.4. The van der Waals surface area contributed by atoms with Gasteiger partial charge >= 0.3 is 5.97 Å². The van der Waals surface area contributed by atoms with Gasteiger partial charge in [-0.2, -0.15) is 11.8 Å². The van der Waals surface area contributed by atoms with Gasteiger partial charge in [0.2, 0.25) is 0 Å². The highest BCUT2D eigenvalue weighted by Crippen LogP contribution is 2.42. The van der Waals surface area contributed by atoms with Crippen molar-refractivity contribution in [2.75, 3.05) is 18.1 Å². The van der Waals surface area contributed by atoms with Crippen LogP contribution >= 0.6 is 11.8 Å². The third-order valence-corrected chi connectivity index (χ3v) is 6.79. The van der Waals surface area contributed by atoms with Crippen molar-refractivity contribution < 1.29 is 18.7 Å². The van der Waals surface area contributed by atoms with E-state index in [1.165, 1.54) is 6.26 Å². The van der Waals surface area contributed by atoms with Gasteiger partial charge in [-0.1, -0.05) is 18.6 Å². The highest BCUT2D eigenvalue weighted by molar-refractivity contribution is 7.99. The first kappa shape index (κ1) is 22.4. The van der Waals surface area contributed by atoms with Gasteiger partial charge in [-0.25, -0.2) is 4.79 Å². The second kappa shape index (κ2) is 9.36. The summed E-state index contributed by atoms with van der Waals surface area (Å²) >= 11 is 1.68. The van der Waals surface area contributed by atoms with Crippen LogP contribution in [-0.4, -0.2) is 29.9 Å². The molecule has 0 bridgehead atoms. The second-order valence-electron chi connectivity index (χ2n) is 8.12. The standard InChI is InChI=1S/C25H27NO5S/c1-4-32-11-10-30-25(29)21-15(3)26-18-6-5-7-19(27)23(18)22(21)17-13-31-20-9-8-14(2)12-16(20)24(17)28/h8-9,12-13,22,26H,4-7,10-11H2,1-3H3/t22-/m1/s1. The normalized spacial score (nSPS) is 18.6. The lowest BCUT2D eigenvalue weighted by atomic mass is 9.75. The van der Waals surface area contributed by atoms with Gasteiger partial charge in [0.15, 0.2) is 11.2 Å². The largest absolute Gasteiger partial charge is 0.464 e. The van der Waals surface area contributed by atoms with E-state index in [2.05, 4.69) is 5.32 Å². The Morgan fingerprint density at radius 3 is 2.84 bits per heavy atom. The molecule has 0 amide bonds. The molecule has 1 N–H and O–H groups in total. The molecule has 2 heterocycles. The number of ether oxygens (including phenoxy) is 1. The third-order valence-electron chi connectivity index (χ3n) is 5.93. The molecule has 6 nitrogen and oxygen atoms in total. The molecule has 7 heteroatoms. The van der Waals surface area contributed by atoms with Crippen LogP contribution in [0.4, 0.5) is 0 Å². The number of hydrogen-bond acceptors (Lipinski definition) is 7. The first-order valence-electron chi connectivity index (χ1n) is 10.9. The molecular formula is C25H27NO5S. The Kier molecular flexibility index (Phi) is 6.55. The molecule has 0 saturated carbocycles. The van der Waals surface area contributed by atoms with E-state index < -0.39 is 11.9 Å². The molecule has 0 unspecified atom stereocenters. The Hall–Kier alpha value is -2.80. The fourth-order valence-electron chi connectivity index (χ4n) is 4.44. The number of aryl methyl sites for hydroxylation is 1. The van der Waals surface area contributed by atoms with Gasteiger partial charge in [0.1, 0.15) is 12.2 Å². The Morgan fingerprint density at radius 1 is 1.25 bits per heavy atom. The van der Waals surface area contributed by atoms with Gasteiger partial charge in [-0.05, 0) is 44.6 Å². The van der Waals surface area contributed by atoms with E-state index in [-0.39, 0.29) is 17.8 Å². The number of carbonyl (C=O) groups excluding carboxylic acids is 2. The smallest absolute Gasteiger partial charge is 0.336 e. The summed E-state index contributed by atoms with van der Waals surface area (Å²) < 4.78 is 11.3. The molecule has 0 fully saturated rings. The maximum Gasteiger partial charge on any atom is 0.336 e.